The average Bonchev–Trinajstić information content (AvgIpc) is 2.42. The maximum atomic E-state index is 6.03. The lowest BCUT2D eigenvalue weighted by Crippen LogP contribution is -2.08. The van der Waals surface area contributed by atoms with Crippen LogP contribution >= 0.6 is 0 Å². The largest absolute Gasteiger partial charge is 0.492 e. The number of nitrogens with two attached hydrogens (primary N) is 1. The minimum Gasteiger partial charge on any atom is -0.492 e. The summed E-state index contributed by atoms with van der Waals surface area (Å²) >= 11 is 0. The summed E-state index contributed by atoms with van der Waals surface area (Å²) in [6, 6.07) is 5.80. The van der Waals surface area contributed by atoms with Crippen molar-refractivity contribution in [1.29, 1.82) is 0 Å². The molecule has 0 aromatic heterocycles. The highest BCUT2D eigenvalue weighted by molar-refractivity contribution is 5.72. The van der Waals surface area contributed by atoms with E-state index < -0.39 is 0 Å². The van der Waals surface area contributed by atoms with E-state index in [1.807, 2.05) is 25.1 Å². The van der Waals surface area contributed by atoms with Gasteiger partial charge in [-0.2, -0.15) is 0 Å². The van der Waals surface area contributed by atoms with Crippen molar-refractivity contribution in [3.05, 3.63) is 18.2 Å². The fourth-order valence-electron chi connectivity index (χ4n) is 1.73. The van der Waals surface area contributed by atoms with E-state index in [4.69, 9.17) is 15.2 Å². The second-order valence-corrected chi connectivity index (χ2v) is 4.40. The van der Waals surface area contributed by atoms with Crippen LogP contribution in [0.15, 0.2) is 18.2 Å². The van der Waals surface area contributed by atoms with Gasteiger partial charge in [-0.15, -0.1) is 0 Å². The van der Waals surface area contributed by atoms with E-state index in [0.29, 0.717) is 12.3 Å². The minimum atomic E-state index is 0.624. The van der Waals surface area contributed by atoms with Crippen molar-refractivity contribution in [2.24, 2.45) is 0 Å². The normalized spacial score (nSPS) is 10.4. The summed E-state index contributed by atoms with van der Waals surface area (Å²) in [5, 5.41) is 3.32. The topological polar surface area (TPSA) is 56.5 Å². The highest BCUT2D eigenvalue weighted by Gasteiger charge is 2.04. The van der Waals surface area contributed by atoms with Crippen molar-refractivity contribution < 1.29 is 9.47 Å². The first-order chi connectivity index (χ1) is 9.29. The molecule has 4 nitrogen and oxygen atoms in total. The molecule has 1 rings (SSSR count). The molecule has 0 spiro atoms. The second kappa shape index (κ2) is 9.50. The van der Waals surface area contributed by atoms with Gasteiger partial charge in [0.15, 0.2) is 0 Å². The molecular weight excluding hydrogens is 240 g/mol. The summed E-state index contributed by atoms with van der Waals surface area (Å²) in [4.78, 5) is 0. The van der Waals surface area contributed by atoms with E-state index in [9.17, 15) is 0 Å². The van der Waals surface area contributed by atoms with Gasteiger partial charge >= 0.3 is 0 Å². The number of nitrogens with one attached hydrogen (secondary N) is 1. The van der Waals surface area contributed by atoms with E-state index in [1.54, 1.807) is 0 Å². The summed E-state index contributed by atoms with van der Waals surface area (Å²) in [6.45, 7) is 7.24. The van der Waals surface area contributed by atoms with Crippen LogP contribution in [0.4, 0.5) is 11.4 Å². The third-order valence-corrected chi connectivity index (χ3v) is 2.79. The van der Waals surface area contributed by atoms with Gasteiger partial charge in [0, 0.05) is 19.8 Å². The summed E-state index contributed by atoms with van der Waals surface area (Å²) in [5.41, 5.74) is 7.64. The zero-order valence-electron chi connectivity index (χ0n) is 12.1. The molecule has 0 bridgehead atoms. The van der Waals surface area contributed by atoms with Gasteiger partial charge in [0.1, 0.15) is 5.75 Å². The van der Waals surface area contributed by atoms with E-state index in [1.165, 1.54) is 6.42 Å². The minimum absolute atomic E-state index is 0.624. The molecule has 0 radical (unpaired) electrons. The van der Waals surface area contributed by atoms with Crippen molar-refractivity contribution in [2.45, 2.75) is 33.1 Å². The molecule has 4 heteroatoms. The first-order valence-electron chi connectivity index (χ1n) is 7.12. The maximum absolute atomic E-state index is 6.03. The third kappa shape index (κ3) is 5.83. The molecule has 0 unspecified atom stereocenters. The molecular formula is C15H26N2O2. The van der Waals surface area contributed by atoms with E-state index in [2.05, 4.69) is 12.2 Å². The lowest BCUT2D eigenvalue weighted by atomic mass is 10.2. The molecule has 1 aromatic rings. The van der Waals surface area contributed by atoms with Crippen molar-refractivity contribution in [1.82, 2.24) is 0 Å². The monoisotopic (exact) mass is 266 g/mol. The van der Waals surface area contributed by atoms with Crippen LogP contribution in [-0.4, -0.2) is 26.4 Å². The highest BCUT2D eigenvalue weighted by atomic mass is 16.5. The number of ether oxygens (including phenoxy) is 2. The van der Waals surface area contributed by atoms with Crippen LogP contribution in [0.5, 0.6) is 5.75 Å². The van der Waals surface area contributed by atoms with Gasteiger partial charge in [-0.1, -0.05) is 19.4 Å². The highest BCUT2D eigenvalue weighted by Crippen LogP contribution is 2.29. The number of rotatable bonds is 10. The Morgan fingerprint density at radius 3 is 2.68 bits per heavy atom. The van der Waals surface area contributed by atoms with Crippen LogP contribution in [0, 0.1) is 0 Å². The molecule has 19 heavy (non-hydrogen) atoms. The third-order valence-electron chi connectivity index (χ3n) is 2.79. The average molecular weight is 266 g/mol. The van der Waals surface area contributed by atoms with E-state index in [-0.39, 0.29) is 0 Å². The number of unbranched alkanes of at least 4 members (excludes halogenated alkanes) is 1. The Kier molecular flexibility index (Phi) is 7.82. The van der Waals surface area contributed by atoms with Gasteiger partial charge in [-0.3, -0.25) is 0 Å². The fourth-order valence-corrected chi connectivity index (χ4v) is 1.73. The molecule has 0 amide bonds. The summed E-state index contributed by atoms with van der Waals surface area (Å²) < 4.78 is 11.0. The SMILES string of the molecule is CCCCOCCCNc1cccc(OCC)c1N. The smallest absolute Gasteiger partial charge is 0.144 e. The molecule has 0 saturated carbocycles. The van der Waals surface area contributed by atoms with Gasteiger partial charge in [0.2, 0.25) is 0 Å². The van der Waals surface area contributed by atoms with Gasteiger partial charge < -0.3 is 20.5 Å². The predicted molar refractivity (Wildman–Crippen MR) is 80.9 cm³/mol. The van der Waals surface area contributed by atoms with Crippen LogP contribution in [0.3, 0.4) is 0 Å². The number of benzene rings is 1. The van der Waals surface area contributed by atoms with Crippen molar-refractivity contribution in [3.63, 3.8) is 0 Å². The second-order valence-electron chi connectivity index (χ2n) is 4.40. The Bertz CT molecular complexity index is 356. The Balaban J connectivity index is 2.27. The lowest BCUT2D eigenvalue weighted by Gasteiger charge is -2.13. The first-order valence-corrected chi connectivity index (χ1v) is 7.12. The standard InChI is InChI=1S/C15H26N2O2/c1-3-5-11-18-12-7-10-17-13-8-6-9-14(15(13)16)19-4-2/h6,8-9,17H,3-5,7,10-12,16H2,1-2H3. The Morgan fingerprint density at radius 1 is 1.16 bits per heavy atom. The molecule has 0 heterocycles. The van der Waals surface area contributed by atoms with Crippen LogP contribution in [0.1, 0.15) is 33.1 Å². The molecule has 0 aliphatic carbocycles. The van der Waals surface area contributed by atoms with Gasteiger partial charge in [-0.05, 0) is 31.9 Å². The molecule has 0 saturated heterocycles. The number of para-hydroxylation sites is 1. The van der Waals surface area contributed by atoms with Gasteiger partial charge in [0.25, 0.3) is 0 Å². The van der Waals surface area contributed by atoms with Gasteiger partial charge in [-0.25, -0.2) is 0 Å². The van der Waals surface area contributed by atoms with E-state index >= 15 is 0 Å². The van der Waals surface area contributed by atoms with Gasteiger partial charge in [0.05, 0.1) is 18.0 Å². The number of anilines is 2. The maximum Gasteiger partial charge on any atom is 0.144 e. The summed E-state index contributed by atoms with van der Waals surface area (Å²) in [5.74, 6) is 0.742. The van der Waals surface area contributed by atoms with Crippen molar-refractivity contribution in [3.8, 4) is 5.75 Å². The quantitative estimate of drug-likeness (QED) is 0.504. The molecule has 0 fully saturated rings. The Morgan fingerprint density at radius 2 is 1.95 bits per heavy atom. The molecule has 108 valence electrons. The van der Waals surface area contributed by atoms with Crippen LogP contribution in [0.2, 0.25) is 0 Å². The first kappa shape index (κ1) is 15.6. The molecule has 0 aliphatic heterocycles. The van der Waals surface area contributed by atoms with E-state index in [0.717, 1.165) is 44.0 Å². The molecule has 0 aliphatic rings. The Hall–Kier alpha value is -1.42. The molecule has 1 aromatic carbocycles. The number of nitrogen functional groups attached to an aromatic ring is 1. The van der Waals surface area contributed by atoms with Crippen LogP contribution in [-0.2, 0) is 4.74 Å². The predicted octanol–water partition coefficient (Wildman–Crippen LogP) is 3.29. The number of hydrogen-bond acceptors (Lipinski definition) is 4. The number of hydrogen-bond donors (Lipinski definition) is 2. The molecule has 3 N–H and O–H groups in total. The Labute approximate surface area is 116 Å². The summed E-state index contributed by atoms with van der Waals surface area (Å²) in [6.07, 6.45) is 3.29. The van der Waals surface area contributed by atoms with Crippen LogP contribution < -0.4 is 15.8 Å². The fraction of sp³-hybridized carbons (Fsp3) is 0.600. The zero-order valence-corrected chi connectivity index (χ0v) is 12.1. The molecule has 0 atom stereocenters. The lowest BCUT2D eigenvalue weighted by molar-refractivity contribution is 0.131. The van der Waals surface area contributed by atoms with Crippen molar-refractivity contribution in [2.75, 3.05) is 37.4 Å². The zero-order chi connectivity index (χ0) is 13.9. The van der Waals surface area contributed by atoms with Crippen molar-refractivity contribution >= 4 is 11.4 Å². The van der Waals surface area contributed by atoms with Crippen LogP contribution in [0.25, 0.3) is 0 Å². The summed E-state index contributed by atoms with van der Waals surface area (Å²) in [7, 11) is 0.